The van der Waals surface area contributed by atoms with Gasteiger partial charge in [-0.1, -0.05) is 18.2 Å². The van der Waals surface area contributed by atoms with Crippen molar-refractivity contribution in [2.24, 2.45) is 0 Å². The molecule has 1 aliphatic heterocycles. The molecule has 0 bridgehead atoms. The third-order valence-electron chi connectivity index (χ3n) is 5.04. The number of phenolic OH excluding ortho intramolecular Hbond substituents is 1. The Labute approximate surface area is 176 Å². The number of ketones is 1. The number of allylic oxidation sites excluding steroid dienone is 1. The fourth-order valence-electron chi connectivity index (χ4n) is 3.35. The maximum absolute atomic E-state index is 13.0. The highest BCUT2D eigenvalue weighted by molar-refractivity contribution is 6.11. The standard InChI is InChI=1S/C23H27NO6/c1-27-17-7-4-16(5-8-17)6-9-19(25)22-21(29-3)14-20(28-2)18(23(22)26)15-24-10-12-30-13-11-24/h4-9,14,26H,10-13,15H2,1-3H3/b9-6+. The van der Waals surface area contributed by atoms with E-state index in [0.29, 0.717) is 31.1 Å². The Hall–Kier alpha value is -3.03. The summed E-state index contributed by atoms with van der Waals surface area (Å²) in [6.07, 6.45) is 3.11. The summed E-state index contributed by atoms with van der Waals surface area (Å²) in [6, 6.07) is 8.96. The Morgan fingerprint density at radius 1 is 1.07 bits per heavy atom. The van der Waals surface area contributed by atoms with Crippen molar-refractivity contribution in [1.29, 1.82) is 0 Å². The number of carbonyl (C=O) groups excluding carboxylic acids is 1. The van der Waals surface area contributed by atoms with Crippen LogP contribution in [0.2, 0.25) is 0 Å². The molecule has 7 nitrogen and oxygen atoms in total. The first-order valence-corrected chi connectivity index (χ1v) is 9.70. The van der Waals surface area contributed by atoms with E-state index < -0.39 is 0 Å². The Kier molecular flexibility index (Phi) is 7.32. The van der Waals surface area contributed by atoms with Gasteiger partial charge in [-0.05, 0) is 23.8 Å². The largest absolute Gasteiger partial charge is 0.507 e. The molecule has 3 rings (SSSR count). The molecule has 1 aliphatic rings. The fraction of sp³-hybridized carbons (Fsp3) is 0.348. The van der Waals surface area contributed by atoms with Crippen LogP contribution < -0.4 is 14.2 Å². The molecule has 2 aromatic rings. The van der Waals surface area contributed by atoms with Gasteiger partial charge in [-0.25, -0.2) is 0 Å². The molecule has 0 aliphatic carbocycles. The first kappa shape index (κ1) is 21.7. The maximum atomic E-state index is 13.0. The molecular weight excluding hydrogens is 386 g/mol. The number of hydrogen-bond donors (Lipinski definition) is 1. The molecule has 7 heteroatoms. The number of ether oxygens (including phenoxy) is 4. The fourth-order valence-corrected chi connectivity index (χ4v) is 3.35. The Morgan fingerprint density at radius 3 is 2.33 bits per heavy atom. The molecule has 0 radical (unpaired) electrons. The number of hydrogen-bond acceptors (Lipinski definition) is 7. The highest BCUT2D eigenvalue weighted by Crippen LogP contribution is 2.40. The van der Waals surface area contributed by atoms with Gasteiger partial charge in [0.25, 0.3) is 0 Å². The minimum absolute atomic E-state index is 0.117. The molecule has 0 atom stereocenters. The molecule has 0 saturated carbocycles. The maximum Gasteiger partial charge on any atom is 0.193 e. The summed E-state index contributed by atoms with van der Waals surface area (Å²) < 4.78 is 21.4. The monoisotopic (exact) mass is 413 g/mol. The summed E-state index contributed by atoms with van der Waals surface area (Å²) in [5, 5.41) is 11.0. The topological polar surface area (TPSA) is 77.5 Å². The molecule has 1 heterocycles. The van der Waals surface area contributed by atoms with Crippen LogP contribution in [0.5, 0.6) is 23.0 Å². The molecule has 1 fully saturated rings. The number of aromatic hydroxyl groups is 1. The average Bonchev–Trinajstić information content (AvgIpc) is 2.79. The third-order valence-corrected chi connectivity index (χ3v) is 5.04. The van der Waals surface area contributed by atoms with Crippen molar-refractivity contribution in [3.8, 4) is 23.0 Å². The molecule has 2 aromatic carbocycles. The van der Waals surface area contributed by atoms with Gasteiger partial charge in [0, 0.05) is 25.7 Å². The van der Waals surface area contributed by atoms with Gasteiger partial charge in [-0.3, -0.25) is 9.69 Å². The van der Waals surface area contributed by atoms with E-state index in [-0.39, 0.29) is 22.8 Å². The van der Waals surface area contributed by atoms with Gasteiger partial charge in [-0.15, -0.1) is 0 Å². The van der Waals surface area contributed by atoms with E-state index >= 15 is 0 Å². The van der Waals surface area contributed by atoms with Gasteiger partial charge >= 0.3 is 0 Å². The van der Waals surface area contributed by atoms with Crippen LogP contribution in [0.4, 0.5) is 0 Å². The zero-order valence-corrected chi connectivity index (χ0v) is 17.5. The van der Waals surface area contributed by atoms with Crippen molar-refractivity contribution >= 4 is 11.9 Å². The number of methoxy groups -OCH3 is 3. The van der Waals surface area contributed by atoms with Gasteiger partial charge < -0.3 is 24.1 Å². The molecule has 30 heavy (non-hydrogen) atoms. The van der Waals surface area contributed by atoms with E-state index in [0.717, 1.165) is 24.4 Å². The van der Waals surface area contributed by atoms with Crippen molar-refractivity contribution in [2.45, 2.75) is 6.54 Å². The second kappa shape index (κ2) is 10.1. The summed E-state index contributed by atoms with van der Waals surface area (Å²) in [5.74, 6) is 1.000. The number of morpholine rings is 1. The van der Waals surface area contributed by atoms with E-state index in [1.54, 1.807) is 19.3 Å². The molecule has 0 aromatic heterocycles. The van der Waals surface area contributed by atoms with Crippen molar-refractivity contribution in [3.63, 3.8) is 0 Å². The molecule has 0 spiro atoms. The molecule has 0 amide bonds. The van der Waals surface area contributed by atoms with E-state index in [2.05, 4.69) is 4.90 Å². The summed E-state index contributed by atoms with van der Waals surface area (Å²) in [6.45, 7) is 3.21. The summed E-state index contributed by atoms with van der Waals surface area (Å²) in [7, 11) is 4.59. The Morgan fingerprint density at radius 2 is 1.73 bits per heavy atom. The molecular formula is C23H27NO6. The number of carbonyl (C=O) groups is 1. The average molecular weight is 413 g/mol. The van der Waals surface area contributed by atoms with Crippen molar-refractivity contribution in [3.05, 3.63) is 53.1 Å². The summed E-state index contributed by atoms with van der Waals surface area (Å²) in [4.78, 5) is 15.1. The van der Waals surface area contributed by atoms with Crippen LogP contribution in [-0.4, -0.2) is 63.4 Å². The van der Waals surface area contributed by atoms with E-state index in [1.165, 1.54) is 20.3 Å². The van der Waals surface area contributed by atoms with Gasteiger partial charge in [-0.2, -0.15) is 0 Å². The van der Waals surface area contributed by atoms with Crippen molar-refractivity contribution in [2.75, 3.05) is 47.6 Å². The Bertz CT molecular complexity index is 901. The smallest absolute Gasteiger partial charge is 0.193 e. The third kappa shape index (κ3) is 4.93. The second-order valence-electron chi connectivity index (χ2n) is 6.84. The molecule has 0 unspecified atom stereocenters. The molecule has 1 N–H and O–H groups in total. The van der Waals surface area contributed by atoms with Crippen LogP contribution in [0.1, 0.15) is 21.5 Å². The predicted octanol–water partition coefficient (Wildman–Crippen LogP) is 3.15. The first-order chi connectivity index (χ1) is 14.6. The summed E-state index contributed by atoms with van der Waals surface area (Å²) in [5.41, 5.74) is 1.51. The lowest BCUT2D eigenvalue weighted by Crippen LogP contribution is -2.35. The summed E-state index contributed by atoms with van der Waals surface area (Å²) >= 11 is 0. The van der Waals surface area contributed by atoms with Gasteiger partial charge in [0.15, 0.2) is 5.78 Å². The van der Waals surface area contributed by atoms with Crippen molar-refractivity contribution in [1.82, 2.24) is 4.90 Å². The minimum Gasteiger partial charge on any atom is -0.507 e. The highest BCUT2D eigenvalue weighted by Gasteiger charge is 2.25. The van der Waals surface area contributed by atoms with Gasteiger partial charge in [0.1, 0.15) is 28.6 Å². The zero-order chi connectivity index (χ0) is 21.5. The lowest BCUT2D eigenvalue weighted by Gasteiger charge is -2.28. The van der Waals surface area contributed by atoms with Crippen molar-refractivity contribution < 1.29 is 28.8 Å². The molecule has 160 valence electrons. The zero-order valence-electron chi connectivity index (χ0n) is 17.5. The van der Waals surface area contributed by atoms with Crippen LogP contribution in [0.25, 0.3) is 6.08 Å². The van der Waals surface area contributed by atoms with E-state index in [1.807, 2.05) is 24.3 Å². The quantitative estimate of drug-likeness (QED) is 0.526. The van der Waals surface area contributed by atoms with E-state index in [9.17, 15) is 9.90 Å². The highest BCUT2D eigenvalue weighted by atomic mass is 16.5. The lowest BCUT2D eigenvalue weighted by atomic mass is 10.0. The van der Waals surface area contributed by atoms with Gasteiger partial charge in [0.2, 0.25) is 0 Å². The lowest BCUT2D eigenvalue weighted by molar-refractivity contribution is 0.0335. The van der Waals surface area contributed by atoms with Gasteiger partial charge in [0.05, 0.1) is 40.1 Å². The van der Waals surface area contributed by atoms with Crippen LogP contribution in [0, 0.1) is 0 Å². The SMILES string of the molecule is COc1ccc(/C=C/C(=O)c2c(OC)cc(OC)c(CN3CCOCC3)c2O)cc1. The van der Waals surface area contributed by atoms with Crippen LogP contribution in [0.3, 0.4) is 0 Å². The number of rotatable bonds is 8. The van der Waals surface area contributed by atoms with Crippen LogP contribution in [0.15, 0.2) is 36.4 Å². The molecule has 1 saturated heterocycles. The van der Waals surface area contributed by atoms with E-state index in [4.69, 9.17) is 18.9 Å². The number of phenols is 1. The number of nitrogens with zero attached hydrogens (tertiary/aromatic N) is 1. The van der Waals surface area contributed by atoms with Crippen LogP contribution >= 0.6 is 0 Å². The Balaban J connectivity index is 1.91. The normalized spacial score (nSPS) is 14.6. The minimum atomic E-state index is -0.356. The predicted molar refractivity (Wildman–Crippen MR) is 114 cm³/mol. The first-order valence-electron chi connectivity index (χ1n) is 9.70. The van der Waals surface area contributed by atoms with Crippen LogP contribution in [-0.2, 0) is 11.3 Å². The second-order valence-corrected chi connectivity index (χ2v) is 6.84. The number of benzene rings is 2.